The van der Waals surface area contributed by atoms with E-state index in [1.54, 1.807) is 0 Å². The second-order valence-corrected chi connectivity index (χ2v) is 7.48. The molecule has 0 saturated heterocycles. The fourth-order valence-corrected chi connectivity index (χ4v) is 3.77. The molecule has 0 atom stereocenters. The quantitative estimate of drug-likeness (QED) is 0.344. The van der Waals surface area contributed by atoms with Crippen LogP contribution in [0.5, 0.6) is 0 Å². The van der Waals surface area contributed by atoms with Crippen molar-refractivity contribution in [2.45, 2.75) is 59.0 Å². The number of alkyl halides is 1. The highest BCUT2D eigenvalue weighted by atomic mass is 127. The molecule has 0 aliphatic heterocycles. The van der Waals surface area contributed by atoms with E-state index in [1.165, 1.54) is 25.7 Å². The lowest BCUT2D eigenvalue weighted by Crippen LogP contribution is -2.40. The highest BCUT2D eigenvalue weighted by molar-refractivity contribution is 14.1. The first kappa shape index (κ1) is 17.7. The summed E-state index contributed by atoms with van der Waals surface area (Å²) in [7, 11) is 0. The normalized spacial score (nSPS) is 28.3. The van der Waals surface area contributed by atoms with Crippen molar-refractivity contribution in [1.82, 2.24) is 0 Å². The number of halogens is 1. The van der Waals surface area contributed by atoms with Gasteiger partial charge in [0.25, 0.3) is 0 Å². The number of hydrogen-bond donors (Lipinski definition) is 0. The monoisotopic (exact) mass is 382 g/mol. The summed E-state index contributed by atoms with van der Waals surface area (Å²) in [5.41, 5.74) is 0.132. The summed E-state index contributed by atoms with van der Waals surface area (Å²) < 4.78 is 12.9. The average molecular weight is 382 g/mol. The van der Waals surface area contributed by atoms with Gasteiger partial charge in [0.1, 0.15) is 0 Å². The molecule has 0 radical (unpaired) electrons. The Morgan fingerprint density at radius 3 is 2.21 bits per heavy atom. The summed E-state index contributed by atoms with van der Waals surface area (Å²) in [6.07, 6.45) is 5.10. The zero-order chi connectivity index (χ0) is 14.3. The first-order chi connectivity index (χ1) is 8.99. The maximum Gasteiger partial charge on any atom is 0.0772 e. The third kappa shape index (κ3) is 6.30. The number of hydrogen-bond acceptors (Lipinski definition) is 2. The topological polar surface area (TPSA) is 18.5 Å². The SMILES string of the molecule is CC(C)COCCOC1(CI)CCC(C(C)C)CC1. The van der Waals surface area contributed by atoms with Crippen LogP contribution in [-0.4, -0.2) is 29.8 Å². The average Bonchev–Trinajstić information content (AvgIpc) is 2.38. The van der Waals surface area contributed by atoms with Gasteiger partial charge in [0, 0.05) is 11.0 Å². The Kier molecular flexibility index (Phi) is 8.23. The van der Waals surface area contributed by atoms with Crippen LogP contribution in [0.4, 0.5) is 0 Å². The maximum absolute atomic E-state index is 6.20. The molecule has 114 valence electrons. The van der Waals surface area contributed by atoms with Crippen LogP contribution in [0.1, 0.15) is 53.4 Å². The standard InChI is InChI=1S/C16H31IO2/c1-13(2)11-18-9-10-19-16(12-17)7-5-15(6-8-16)14(3)4/h13-15H,5-12H2,1-4H3. The molecule has 1 saturated carbocycles. The minimum atomic E-state index is 0.132. The molecule has 3 heteroatoms. The summed E-state index contributed by atoms with van der Waals surface area (Å²) in [5.74, 6) is 2.33. The third-order valence-corrected chi connectivity index (χ3v) is 5.61. The third-order valence-electron chi connectivity index (χ3n) is 4.21. The molecule has 2 nitrogen and oxygen atoms in total. The van der Waals surface area contributed by atoms with E-state index in [9.17, 15) is 0 Å². The molecule has 0 aromatic heterocycles. The second kappa shape index (κ2) is 8.83. The number of ether oxygens (including phenoxy) is 2. The molecule has 1 aliphatic carbocycles. The summed E-state index contributed by atoms with van der Waals surface area (Å²) in [6, 6.07) is 0. The van der Waals surface area contributed by atoms with Crippen LogP contribution in [0.3, 0.4) is 0 Å². The molecule has 0 bridgehead atoms. The van der Waals surface area contributed by atoms with Crippen LogP contribution in [0.25, 0.3) is 0 Å². The Balaban J connectivity index is 2.25. The van der Waals surface area contributed by atoms with Gasteiger partial charge in [-0.3, -0.25) is 0 Å². The second-order valence-electron chi connectivity index (χ2n) is 6.72. The Labute approximate surface area is 133 Å². The fourth-order valence-electron chi connectivity index (χ4n) is 2.79. The molecule has 1 aliphatic rings. The molecule has 0 amide bonds. The smallest absolute Gasteiger partial charge is 0.0772 e. The minimum absolute atomic E-state index is 0.132. The van der Waals surface area contributed by atoms with E-state index in [0.717, 1.165) is 36.1 Å². The summed E-state index contributed by atoms with van der Waals surface area (Å²) in [5, 5.41) is 0. The van der Waals surface area contributed by atoms with Gasteiger partial charge in [0.2, 0.25) is 0 Å². The minimum Gasteiger partial charge on any atom is -0.379 e. The summed E-state index contributed by atoms with van der Waals surface area (Å²) in [4.78, 5) is 0. The highest BCUT2D eigenvalue weighted by Crippen LogP contribution is 2.39. The molecule has 0 spiro atoms. The Morgan fingerprint density at radius 2 is 1.74 bits per heavy atom. The largest absolute Gasteiger partial charge is 0.379 e. The first-order valence-electron chi connectivity index (χ1n) is 7.77. The molecule has 0 N–H and O–H groups in total. The molecule has 1 rings (SSSR count). The summed E-state index contributed by atoms with van der Waals surface area (Å²) in [6.45, 7) is 11.4. The van der Waals surface area contributed by atoms with Crippen LogP contribution in [0.15, 0.2) is 0 Å². The van der Waals surface area contributed by atoms with Crippen LogP contribution < -0.4 is 0 Å². The molecule has 1 fully saturated rings. The lowest BCUT2D eigenvalue weighted by atomic mass is 9.75. The van der Waals surface area contributed by atoms with Crippen LogP contribution >= 0.6 is 22.6 Å². The summed E-state index contributed by atoms with van der Waals surface area (Å²) >= 11 is 2.49. The van der Waals surface area contributed by atoms with Gasteiger partial charge >= 0.3 is 0 Å². The fraction of sp³-hybridized carbons (Fsp3) is 1.00. The van der Waals surface area contributed by atoms with Crippen LogP contribution in [-0.2, 0) is 9.47 Å². The van der Waals surface area contributed by atoms with Crippen molar-refractivity contribution in [3.05, 3.63) is 0 Å². The van der Waals surface area contributed by atoms with Gasteiger partial charge in [-0.05, 0) is 43.4 Å². The van der Waals surface area contributed by atoms with Gasteiger partial charge in [-0.15, -0.1) is 0 Å². The Hall–Kier alpha value is 0.650. The van der Waals surface area contributed by atoms with Crippen LogP contribution in [0.2, 0.25) is 0 Å². The van der Waals surface area contributed by atoms with Crippen molar-refractivity contribution in [2.24, 2.45) is 17.8 Å². The molecular weight excluding hydrogens is 351 g/mol. The Bertz CT molecular complexity index is 233. The molecule has 19 heavy (non-hydrogen) atoms. The van der Waals surface area contributed by atoms with Crippen molar-refractivity contribution in [3.63, 3.8) is 0 Å². The van der Waals surface area contributed by atoms with Gasteiger partial charge in [-0.2, -0.15) is 0 Å². The van der Waals surface area contributed by atoms with Crippen molar-refractivity contribution < 1.29 is 9.47 Å². The predicted octanol–water partition coefficient (Wildman–Crippen LogP) is 4.70. The number of rotatable bonds is 8. The molecule has 0 unspecified atom stereocenters. The zero-order valence-electron chi connectivity index (χ0n) is 13.1. The van der Waals surface area contributed by atoms with E-state index in [2.05, 4.69) is 50.3 Å². The van der Waals surface area contributed by atoms with Gasteiger partial charge in [0.05, 0.1) is 18.8 Å². The molecule has 0 aromatic rings. The van der Waals surface area contributed by atoms with Crippen molar-refractivity contribution >= 4 is 22.6 Å². The lowest BCUT2D eigenvalue weighted by molar-refractivity contribution is -0.0817. The van der Waals surface area contributed by atoms with E-state index < -0.39 is 0 Å². The van der Waals surface area contributed by atoms with Crippen molar-refractivity contribution in [2.75, 3.05) is 24.2 Å². The van der Waals surface area contributed by atoms with Gasteiger partial charge < -0.3 is 9.47 Å². The Morgan fingerprint density at radius 1 is 1.11 bits per heavy atom. The lowest BCUT2D eigenvalue weighted by Gasteiger charge is -2.40. The molecule has 0 aromatic carbocycles. The van der Waals surface area contributed by atoms with E-state index in [1.807, 2.05) is 0 Å². The van der Waals surface area contributed by atoms with E-state index in [4.69, 9.17) is 9.47 Å². The predicted molar refractivity (Wildman–Crippen MR) is 90.0 cm³/mol. The highest BCUT2D eigenvalue weighted by Gasteiger charge is 2.35. The maximum atomic E-state index is 6.20. The van der Waals surface area contributed by atoms with E-state index >= 15 is 0 Å². The van der Waals surface area contributed by atoms with Crippen LogP contribution in [0, 0.1) is 17.8 Å². The van der Waals surface area contributed by atoms with Crippen molar-refractivity contribution in [3.8, 4) is 0 Å². The zero-order valence-corrected chi connectivity index (χ0v) is 15.2. The van der Waals surface area contributed by atoms with E-state index in [-0.39, 0.29) is 5.60 Å². The first-order valence-corrected chi connectivity index (χ1v) is 9.29. The van der Waals surface area contributed by atoms with Gasteiger partial charge in [0.15, 0.2) is 0 Å². The van der Waals surface area contributed by atoms with E-state index in [0.29, 0.717) is 5.92 Å². The van der Waals surface area contributed by atoms with Crippen molar-refractivity contribution in [1.29, 1.82) is 0 Å². The van der Waals surface area contributed by atoms with Gasteiger partial charge in [-0.1, -0.05) is 50.3 Å². The molecular formula is C16H31IO2. The van der Waals surface area contributed by atoms with Gasteiger partial charge in [-0.25, -0.2) is 0 Å². The molecule has 0 heterocycles.